The van der Waals surface area contributed by atoms with E-state index in [0.717, 1.165) is 19.4 Å². The molecule has 0 aromatic carbocycles. The molecule has 1 atom stereocenters. The van der Waals surface area contributed by atoms with Crippen LogP contribution in [0.5, 0.6) is 0 Å². The monoisotopic (exact) mass is 250 g/mol. The topological polar surface area (TPSA) is 42.7 Å². The molecule has 17 heavy (non-hydrogen) atoms. The molecular formula is C12H18N4S. The highest BCUT2D eigenvalue weighted by atomic mass is 32.1. The number of aromatic nitrogens is 3. The van der Waals surface area contributed by atoms with Crippen molar-refractivity contribution in [1.82, 2.24) is 19.9 Å². The lowest BCUT2D eigenvalue weighted by Crippen LogP contribution is -2.25. The zero-order valence-corrected chi connectivity index (χ0v) is 11.1. The Labute approximate surface area is 106 Å². The Hall–Kier alpha value is -1.20. The first-order valence-electron chi connectivity index (χ1n) is 5.88. The van der Waals surface area contributed by atoms with Crippen molar-refractivity contribution in [2.24, 2.45) is 7.05 Å². The van der Waals surface area contributed by atoms with Crippen molar-refractivity contribution >= 4 is 11.3 Å². The molecule has 2 aromatic heterocycles. The minimum absolute atomic E-state index is 0.322. The van der Waals surface area contributed by atoms with E-state index >= 15 is 0 Å². The number of aryl methyl sites for hydroxylation is 1. The number of imidazole rings is 1. The summed E-state index contributed by atoms with van der Waals surface area (Å²) < 4.78 is 2.08. The van der Waals surface area contributed by atoms with Gasteiger partial charge in [0, 0.05) is 30.7 Å². The fraction of sp³-hybridized carbons (Fsp3) is 0.500. The fourth-order valence-corrected chi connectivity index (χ4v) is 2.49. The second-order valence-electron chi connectivity index (χ2n) is 4.11. The minimum Gasteiger partial charge on any atom is -0.336 e. The fourth-order valence-electron chi connectivity index (χ4n) is 1.85. The quantitative estimate of drug-likeness (QED) is 0.854. The Balaban J connectivity index is 2.11. The van der Waals surface area contributed by atoms with Gasteiger partial charge >= 0.3 is 0 Å². The average Bonchev–Trinajstić information content (AvgIpc) is 2.95. The van der Waals surface area contributed by atoms with Crippen LogP contribution in [0.25, 0.3) is 0 Å². The van der Waals surface area contributed by atoms with Gasteiger partial charge < -0.3 is 9.88 Å². The van der Waals surface area contributed by atoms with Crippen molar-refractivity contribution in [3.63, 3.8) is 0 Å². The van der Waals surface area contributed by atoms with Gasteiger partial charge in [-0.25, -0.2) is 4.98 Å². The maximum absolute atomic E-state index is 4.19. The minimum atomic E-state index is 0.322. The van der Waals surface area contributed by atoms with Gasteiger partial charge in [0.15, 0.2) is 0 Å². The van der Waals surface area contributed by atoms with E-state index in [4.69, 9.17) is 0 Å². The first-order valence-corrected chi connectivity index (χ1v) is 6.76. The van der Waals surface area contributed by atoms with Gasteiger partial charge in [0.05, 0.1) is 23.6 Å². The van der Waals surface area contributed by atoms with Gasteiger partial charge in [0.1, 0.15) is 0 Å². The molecule has 0 aliphatic rings. The lowest BCUT2D eigenvalue weighted by Gasteiger charge is -2.18. The van der Waals surface area contributed by atoms with Gasteiger partial charge in [-0.05, 0) is 13.0 Å². The van der Waals surface area contributed by atoms with E-state index in [-0.39, 0.29) is 0 Å². The SMILES string of the molecule is CCCNC(Cc1cncs1)c1cncn1C. The van der Waals surface area contributed by atoms with E-state index in [1.807, 2.05) is 31.3 Å². The van der Waals surface area contributed by atoms with Gasteiger partial charge in [-0.15, -0.1) is 11.3 Å². The molecule has 0 spiro atoms. The number of hydrogen-bond acceptors (Lipinski definition) is 4. The number of hydrogen-bond donors (Lipinski definition) is 1. The van der Waals surface area contributed by atoms with E-state index in [2.05, 4.69) is 26.8 Å². The van der Waals surface area contributed by atoms with Crippen molar-refractivity contribution in [2.75, 3.05) is 6.54 Å². The molecule has 1 N–H and O–H groups in total. The molecule has 0 saturated heterocycles. The lowest BCUT2D eigenvalue weighted by molar-refractivity contribution is 0.506. The molecule has 0 radical (unpaired) electrons. The third-order valence-corrected chi connectivity index (χ3v) is 3.54. The van der Waals surface area contributed by atoms with Gasteiger partial charge in [0.25, 0.3) is 0 Å². The maximum atomic E-state index is 4.19. The van der Waals surface area contributed by atoms with E-state index in [1.165, 1.54) is 10.6 Å². The first-order chi connectivity index (χ1) is 8.31. The Kier molecular flexibility index (Phi) is 4.28. The van der Waals surface area contributed by atoms with E-state index in [0.29, 0.717) is 6.04 Å². The molecule has 92 valence electrons. The summed E-state index contributed by atoms with van der Waals surface area (Å²) in [5.74, 6) is 0. The van der Waals surface area contributed by atoms with E-state index in [9.17, 15) is 0 Å². The highest BCUT2D eigenvalue weighted by Crippen LogP contribution is 2.19. The van der Waals surface area contributed by atoms with Gasteiger partial charge in [-0.3, -0.25) is 4.98 Å². The Morgan fingerprint density at radius 2 is 2.29 bits per heavy atom. The van der Waals surface area contributed by atoms with Crippen molar-refractivity contribution < 1.29 is 0 Å². The second kappa shape index (κ2) is 5.93. The number of rotatable bonds is 6. The maximum Gasteiger partial charge on any atom is 0.0946 e. The molecule has 0 aliphatic heterocycles. The van der Waals surface area contributed by atoms with Crippen LogP contribution >= 0.6 is 11.3 Å². The van der Waals surface area contributed by atoms with E-state index < -0.39 is 0 Å². The summed E-state index contributed by atoms with van der Waals surface area (Å²) in [4.78, 5) is 9.62. The van der Waals surface area contributed by atoms with Gasteiger partial charge in [0.2, 0.25) is 0 Å². The summed E-state index contributed by atoms with van der Waals surface area (Å²) in [6.45, 7) is 3.20. The normalized spacial score (nSPS) is 12.8. The van der Waals surface area contributed by atoms with Crippen LogP contribution in [-0.2, 0) is 13.5 Å². The number of nitrogens with zero attached hydrogens (tertiary/aromatic N) is 3. The van der Waals surface area contributed by atoms with Crippen molar-refractivity contribution in [1.29, 1.82) is 0 Å². The summed E-state index contributed by atoms with van der Waals surface area (Å²) >= 11 is 1.71. The molecule has 0 aliphatic carbocycles. The Morgan fingerprint density at radius 3 is 2.88 bits per heavy atom. The average molecular weight is 250 g/mol. The van der Waals surface area contributed by atoms with Crippen LogP contribution in [0.1, 0.15) is 30.0 Å². The number of thiazole rings is 1. The number of nitrogens with one attached hydrogen (secondary N) is 1. The molecule has 0 fully saturated rings. The predicted molar refractivity (Wildman–Crippen MR) is 70.1 cm³/mol. The standard InChI is InChI=1S/C12H18N4S/c1-3-4-15-11(5-10-6-14-9-17-10)12-7-13-8-16(12)2/h6-9,11,15H,3-5H2,1-2H3. The summed E-state index contributed by atoms with van der Waals surface area (Å²) in [6, 6.07) is 0.322. The highest BCUT2D eigenvalue weighted by molar-refractivity contribution is 7.09. The molecule has 2 rings (SSSR count). The van der Waals surface area contributed by atoms with Crippen LogP contribution in [0.4, 0.5) is 0 Å². The van der Waals surface area contributed by atoms with Crippen LogP contribution in [-0.4, -0.2) is 21.1 Å². The molecule has 0 bridgehead atoms. The molecular weight excluding hydrogens is 232 g/mol. The van der Waals surface area contributed by atoms with Gasteiger partial charge in [-0.2, -0.15) is 0 Å². The van der Waals surface area contributed by atoms with Crippen molar-refractivity contribution in [2.45, 2.75) is 25.8 Å². The first kappa shape index (κ1) is 12.3. The molecule has 2 heterocycles. The molecule has 0 amide bonds. The molecule has 5 heteroatoms. The van der Waals surface area contributed by atoms with Crippen LogP contribution in [0, 0.1) is 0 Å². The molecule has 4 nitrogen and oxygen atoms in total. The zero-order chi connectivity index (χ0) is 12.1. The second-order valence-corrected chi connectivity index (χ2v) is 5.08. The third-order valence-electron chi connectivity index (χ3n) is 2.74. The van der Waals surface area contributed by atoms with Crippen molar-refractivity contribution in [3.8, 4) is 0 Å². The Morgan fingerprint density at radius 1 is 1.41 bits per heavy atom. The summed E-state index contributed by atoms with van der Waals surface area (Å²) in [6.07, 6.45) is 7.85. The zero-order valence-electron chi connectivity index (χ0n) is 10.3. The summed E-state index contributed by atoms with van der Waals surface area (Å²) in [5.41, 5.74) is 3.11. The van der Waals surface area contributed by atoms with Crippen LogP contribution < -0.4 is 5.32 Å². The molecule has 0 saturated carbocycles. The summed E-state index contributed by atoms with van der Waals surface area (Å²) in [7, 11) is 2.04. The van der Waals surface area contributed by atoms with Crippen molar-refractivity contribution in [3.05, 3.63) is 34.8 Å². The predicted octanol–water partition coefficient (Wildman–Crippen LogP) is 2.16. The molecule has 2 aromatic rings. The smallest absolute Gasteiger partial charge is 0.0946 e. The largest absolute Gasteiger partial charge is 0.336 e. The highest BCUT2D eigenvalue weighted by Gasteiger charge is 2.15. The van der Waals surface area contributed by atoms with Gasteiger partial charge in [-0.1, -0.05) is 6.92 Å². The van der Waals surface area contributed by atoms with Crippen LogP contribution in [0.2, 0.25) is 0 Å². The summed E-state index contributed by atoms with van der Waals surface area (Å²) in [5, 5.41) is 3.57. The van der Waals surface area contributed by atoms with Crippen LogP contribution in [0.3, 0.4) is 0 Å². The lowest BCUT2D eigenvalue weighted by atomic mass is 10.1. The molecule has 1 unspecified atom stereocenters. The van der Waals surface area contributed by atoms with E-state index in [1.54, 1.807) is 11.3 Å². The Bertz CT molecular complexity index is 435. The van der Waals surface area contributed by atoms with Crippen LogP contribution in [0.15, 0.2) is 24.2 Å². The third kappa shape index (κ3) is 3.14.